The second kappa shape index (κ2) is 7.11. The van der Waals surface area contributed by atoms with Crippen LogP contribution in [0.4, 0.5) is 0 Å². The molecule has 0 amide bonds. The minimum atomic E-state index is -3.09. The molecule has 0 aliphatic carbocycles. The van der Waals surface area contributed by atoms with E-state index >= 15 is 0 Å². The molecule has 0 N–H and O–H groups in total. The van der Waals surface area contributed by atoms with Crippen molar-refractivity contribution in [3.8, 4) is 0 Å². The maximum Gasteiger partial charge on any atom is 0.155 e. The lowest BCUT2D eigenvalue weighted by Crippen LogP contribution is -2.11. The molecule has 106 valence electrons. The van der Waals surface area contributed by atoms with Crippen LogP contribution in [0.5, 0.6) is 0 Å². The molecule has 1 aromatic carbocycles. The fourth-order valence-electron chi connectivity index (χ4n) is 1.62. The van der Waals surface area contributed by atoms with Crippen LogP contribution >= 0.6 is 23.4 Å². The number of hydrogen-bond acceptors (Lipinski definition) is 4. The Morgan fingerprint density at radius 2 is 1.85 bits per heavy atom. The lowest BCUT2D eigenvalue weighted by molar-refractivity contribution is 0.597. The highest BCUT2D eigenvalue weighted by Gasteiger charge is 2.12. The monoisotopic (exact) mass is 327 g/mol. The minimum absolute atomic E-state index is 0.0858. The molecule has 6 heteroatoms. The Labute approximate surface area is 128 Å². The zero-order valence-corrected chi connectivity index (χ0v) is 13.1. The average Bonchev–Trinajstić information content (AvgIpc) is 2.41. The highest BCUT2D eigenvalue weighted by molar-refractivity contribution is 8.00. The van der Waals surface area contributed by atoms with Crippen molar-refractivity contribution < 1.29 is 8.42 Å². The number of thioether (sulfide) groups is 1. The molecule has 0 unspecified atom stereocenters. The lowest BCUT2D eigenvalue weighted by atomic mass is 10.2. The van der Waals surface area contributed by atoms with Gasteiger partial charge in [-0.3, -0.25) is 0 Å². The Bertz CT molecular complexity index is 643. The Kier molecular flexibility index (Phi) is 5.46. The third-order valence-corrected chi connectivity index (χ3v) is 5.60. The quantitative estimate of drug-likeness (QED) is 0.762. The van der Waals surface area contributed by atoms with E-state index in [1.165, 1.54) is 11.8 Å². The third kappa shape index (κ3) is 5.15. The predicted molar refractivity (Wildman–Crippen MR) is 83.9 cm³/mol. The summed E-state index contributed by atoms with van der Waals surface area (Å²) in [5, 5.41) is 1.36. The van der Waals surface area contributed by atoms with Crippen molar-refractivity contribution in [1.29, 1.82) is 0 Å². The second-order valence-electron chi connectivity index (χ2n) is 4.24. The van der Waals surface area contributed by atoms with Crippen molar-refractivity contribution in [3.63, 3.8) is 0 Å². The molecule has 0 fully saturated rings. The molecule has 0 saturated carbocycles. The van der Waals surface area contributed by atoms with Crippen LogP contribution in [0.1, 0.15) is 5.56 Å². The lowest BCUT2D eigenvalue weighted by Gasteiger charge is -2.04. The largest absolute Gasteiger partial charge is 0.248 e. The van der Waals surface area contributed by atoms with Gasteiger partial charge in [-0.1, -0.05) is 41.9 Å². The Hall–Kier alpha value is -1.04. The fraction of sp³-hybridized carbons (Fsp3) is 0.214. The van der Waals surface area contributed by atoms with Gasteiger partial charge < -0.3 is 0 Å². The van der Waals surface area contributed by atoms with E-state index in [4.69, 9.17) is 11.6 Å². The number of pyridine rings is 1. The number of benzene rings is 1. The van der Waals surface area contributed by atoms with Gasteiger partial charge in [-0.05, 0) is 17.7 Å². The summed E-state index contributed by atoms with van der Waals surface area (Å²) in [6.07, 6.45) is 1.56. The van der Waals surface area contributed by atoms with Gasteiger partial charge >= 0.3 is 0 Å². The van der Waals surface area contributed by atoms with E-state index in [0.717, 1.165) is 10.6 Å². The van der Waals surface area contributed by atoms with Gasteiger partial charge in [-0.25, -0.2) is 13.4 Å². The number of rotatable bonds is 6. The van der Waals surface area contributed by atoms with E-state index in [1.54, 1.807) is 18.3 Å². The molecule has 0 saturated heterocycles. The molecule has 1 heterocycles. The highest BCUT2D eigenvalue weighted by Crippen LogP contribution is 2.18. The third-order valence-electron chi connectivity index (χ3n) is 2.57. The summed E-state index contributed by atoms with van der Waals surface area (Å²) in [4.78, 5) is 4.12. The van der Waals surface area contributed by atoms with E-state index in [-0.39, 0.29) is 11.5 Å². The maximum atomic E-state index is 12.0. The zero-order chi connectivity index (χ0) is 14.4. The van der Waals surface area contributed by atoms with Gasteiger partial charge in [0.1, 0.15) is 0 Å². The molecular weight excluding hydrogens is 314 g/mol. The minimum Gasteiger partial charge on any atom is -0.248 e. The van der Waals surface area contributed by atoms with Crippen molar-refractivity contribution in [2.75, 3.05) is 11.5 Å². The predicted octanol–water partition coefficient (Wildman–Crippen LogP) is 3.44. The molecule has 0 radical (unpaired) electrons. The Morgan fingerprint density at radius 1 is 1.10 bits per heavy atom. The normalized spacial score (nSPS) is 11.4. The topological polar surface area (TPSA) is 47.0 Å². The van der Waals surface area contributed by atoms with Crippen LogP contribution in [0.3, 0.4) is 0 Å². The number of nitrogens with zero attached hydrogens (tertiary/aromatic N) is 1. The molecule has 20 heavy (non-hydrogen) atoms. The first-order valence-electron chi connectivity index (χ1n) is 6.04. The Balaban J connectivity index is 1.85. The molecule has 1 aromatic heterocycles. The molecule has 0 spiro atoms. The van der Waals surface area contributed by atoms with Gasteiger partial charge in [0.25, 0.3) is 0 Å². The average molecular weight is 328 g/mol. The van der Waals surface area contributed by atoms with Crippen LogP contribution in [0.25, 0.3) is 0 Å². The van der Waals surface area contributed by atoms with Crippen molar-refractivity contribution in [2.24, 2.45) is 0 Å². The van der Waals surface area contributed by atoms with Gasteiger partial charge in [-0.15, -0.1) is 11.8 Å². The van der Waals surface area contributed by atoms with E-state index in [1.807, 2.05) is 30.3 Å². The van der Waals surface area contributed by atoms with Crippen LogP contribution in [-0.4, -0.2) is 24.9 Å². The summed E-state index contributed by atoms with van der Waals surface area (Å²) in [5.41, 5.74) is 0.821. The van der Waals surface area contributed by atoms with E-state index in [2.05, 4.69) is 4.98 Å². The first kappa shape index (κ1) is 15.4. The summed E-state index contributed by atoms with van der Waals surface area (Å²) < 4.78 is 24.0. The van der Waals surface area contributed by atoms with Gasteiger partial charge in [-0.2, -0.15) is 0 Å². The molecule has 2 rings (SSSR count). The number of halogens is 1. The van der Waals surface area contributed by atoms with Gasteiger partial charge in [0.15, 0.2) is 9.84 Å². The fourth-order valence-corrected chi connectivity index (χ4v) is 4.43. The first-order valence-corrected chi connectivity index (χ1v) is 9.22. The summed E-state index contributed by atoms with van der Waals surface area (Å²) in [6, 6.07) is 12.7. The van der Waals surface area contributed by atoms with Crippen molar-refractivity contribution in [2.45, 2.75) is 10.8 Å². The molecule has 0 aliphatic heterocycles. The van der Waals surface area contributed by atoms with Crippen LogP contribution in [0.15, 0.2) is 53.7 Å². The van der Waals surface area contributed by atoms with Gasteiger partial charge in [0.05, 0.1) is 21.6 Å². The molecular formula is C14H14ClNO2S2. The standard InChI is InChI=1S/C14H14ClNO2S2/c15-13-6-7-14(16-10-13)19-8-9-20(17,18)11-12-4-2-1-3-5-12/h1-7,10H,8-9,11H2. The maximum absolute atomic E-state index is 12.0. The molecule has 0 atom stereocenters. The molecule has 3 nitrogen and oxygen atoms in total. The zero-order valence-electron chi connectivity index (χ0n) is 10.7. The van der Waals surface area contributed by atoms with E-state index in [9.17, 15) is 8.42 Å². The smallest absolute Gasteiger partial charge is 0.155 e. The van der Waals surface area contributed by atoms with Crippen LogP contribution in [0, 0.1) is 0 Å². The summed E-state index contributed by atoms with van der Waals surface area (Å²) in [5.74, 6) is 0.711. The highest BCUT2D eigenvalue weighted by atomic mass is 35.5. The second-order valence-corrected chi connectivity index (χ2v) is 7.98. The molecule has 0 aliphatic rings. The molecule has 2 aromatic rings. The van der Waals surface area contributed by atoms with E-state index in [0.29, 0.717) is 10.8 Å². The summed E-state index contributed by atoms with van der Waals surface area (Å²) in [7, 11) is -3.09. The summed E-state index contributed by atoms with van der Waals surface area (Å²) >= 11 is 7.16. The van der Waals surface area contributed by atoms with E-state index < -0.39 is 9.84 Å². The van der Waals surface area contributed by atoms with Crippen molar-refractivity contribution in [3.05, 3.63) is 59.2 Å². The molecule has 0 bridgehead atoms. The van der Waals surface area contributed by atoms with Crippen molar-refractivity contribution >= 4 is 33.2 Å². The summed E-state index contributed by atoms with van der Waals surface area (Å²) in [6.45, 7) is 0. The number of aromatic nitrogens is 1. The Morgan fingerprint density at radius 3 is 2.50 bits per heavy atom. The van der Waals surface area contributed by atoms with Crippen LogP contribution < -0.4 is 0 Å². The van der Waals surface area contributed by atoms with Crippen LogP contribution in [-0.2, 0) is 15.6 Å². The SMILES string of the molecule is O=S(=O)(CCSc1ccc(Cl)cn1)Cc1ccccc1. The number of hydrogen-bond donors (Lipinski definition) is 0. The van der Waals surface area contributed by atoms with Crippen molar-refractivity contribution in [1.82, 2.24) is 4.98 Å². The first-order chi connectivity index (χ1) is 9.55. The van der Waals surface area contributed by atoms with Crippen LogP contribution in [0.2, 0.25) is 5.02 Å². The number of sulfone groups is 1. The van der Waals surface area contributed by atoms with Gasteiger partial charge in [0.2, 0.25) is 0 Å². The van der Waals surface area contributed by atoms with Gasteiger partial charge in [0, 0.05) is 11.9 Å².